The van der Waals surface area contributed by atoms with Gasteiger partial charge in [-0.3, -0.25) is 10.2 Å². The summed E-state index contributed by atoms with van der Waals surface area (Å²) in [4.78, 5) is 11.4. The van der Waals surface area contributed by atoms with Crippen molar-refractivity contribution in [3.05, 3.63) is 51.9 Å². The fourth-order valence-corrected chi connectivity index (χ4v) is 1.83. The third-order valence-electron chi connectivity index (χ3n) is 2.62. The number of furan rings is 1. The van der Waals surface area contributed by atoms with Gasteiger partial charge in [0.1, 0.15) is 12.4 Å². The molecule has 5 nitrogen and oxygen atoms in total. The van der Waals surface area contributed by atoms with Gasteiger partial charge in [0.05, 0.1) is 11.8 Å². The van der Waals surface area contributed by atoms with Gasteiger partial charge in [-0.2, -0.15) is 0 Å². The molecule has 0 unspecified atom stereocenters. The summed E-state index contributed by atoms with van der Waals surface area (Å²) in [6.45, 7) is 2.13. The fourth-order valence-electron chi connectivity index (χ4n) is 1.59. The van der Waals surface area contributed by atoms with Crippen molar-refractivity contribution in [1.29, 1.82) is 0 Å². The number of hydrazine groups is 1. The summed E-state index contributed by atoms with van der Waals surface area (Å²) in [5.74, 6) is 5.82. The minimum Gasteiger partial charge on any atom is -0.486 e. The average molecular weight is 325 g/mol. The van der Waals surface area contributed by atoms with Crippen LogP contribution < -0.4 is 16.0 Å². The summed E-state index contributed by atoms with van der Waals surface area (Å²) in [5, 5.41) is 0. The zero-order valence-corrected chi connectivity index (χ0v) is 11.9. The maximum atomic E-state index is 11.4. The Hall–Kier alpha value is -1.79. The van der Waals surface area contributed by atoms with Gasteiger partial charge in [0.2, 0.25) is 0 Å². The number of halogens is 1. The first-order valence-corrected chi connectivity index (χ1v) is 6.37. The second-order valence-corrected chi connectivity index (χ2v) is 4.78. The second-order valence-electron chi connectivity index (χ2n) is 3.93. The van der Waals surface area contributed by atoms with E-state index in [1.54, 1.807) is 6.07 Å². The average Bonchev–Trinajstić information content (AvgIpc) is 2.87. The molecule has 0 bridgehead atoms. The quantitative estimate of drug-likeness (QED) is 0.514. The maximum Gasteiger partial charge on any atom is 0.268 e. The largest absolute Gasteiger partial charge is 0.486 e. The Morgan fingerprint density at radius 3 is 2.95 bits per heavy atom. The number of hydrogen-bond acceptors (Lipinski definition) is 4. The number of aryl methyl sites for hydroxylation is 1. The third-order valence-corrected chi connectivity index (χ3v) is 3.51. The van der Waals surface area contributed by atoms with Crippen molar-refractivity contribution in [2.75, 3.05) is 0 Å². The molecule has 19 heavy (non-hydrogen) atoms. The zero-order valence-electron chi connectivity index (χ0n) is 10.3. The maximum absolute atomic E-state index is 11.4. The predicted octanol–water partition coefficient (Wildman–Crippen LogP) is 2.53. The van der Waals surface area contributed by atoms with Crippen molar-refractivity contribution in [2.24, 2.45) is 5.84 Å². The van der Waals surface area contributed by atoms with E-state index in [0.29, 0.717) is 17.1 Å². The molecule has 0 aliphatic heterocycles. The molecule has 0 atom stereocenters. The standard InChI is InChI=1S/C13H13BrN2O3/c1-8-6-9(2-3-11(8)14)19-7-12-10(4-5-18-12)13(17)16-15/h2-6H,7,15H2,1H3,(H,16,17). The van der Waals surface area contributed by atoms with E-state index in [9.17, 15) is 4.79 Å². The Balaban J connectivity index is 2.08. The number of carbonyl (C=O) groups excluding carboxylic acids is 1. The number of benzene rings is 1. The molecule has 1 aromatic carbocycles. The predicted molar refractivity (Wildman–Crippen MR) is 73.6 cm³/mol. The van der Waals surface area contributed by atoms with Crippen molar-refractivity contribution in [3.63, 3.8) is 0 Å². The smallest absolute Gasteiger partial charge is 0.268 e. The Labute approximate surface area is 118 Å². The molecular formula is C13H13BrN2O3. The molecule has 0 aliphatic rings. The van der Waals surface area contributed by atoms with Gasteiger partial charge in [-0.15, -0.1) is 0 Å². The summed E-state index contributed by atoms with van der Waals surface area (Å²) in [6, 6.07) is 7.19. The number of nitrogen functional groups attached to an aromatic ring is 1. The van der Waals surface area contributed by atoms with Gasteiger partial charge in [0.15, 0.2) is 5.76 Å². The minimum absolute atomic E-state index is 0.164. The van der Waals surface area contributed by atoms with Gasteiger partial charge in [0.25, 0.3) is 5.91 Å². The van der Waals surface area contributed by atoms with E-state index in [2.05, 4.69) is 21.4 Å². The third kappa shape index (κ3) is 3.15. The molecule has 0 radical (unpaired) electrons. The molecule has 3 N–H and O–H groups in total. The van der Waals surface area contributed by atoms with E-state index >= 15 is 0 Å². The van der Waals surface area contributed by atoms with E-state index in [1.165, 1.54) is 6.26 Å². The normalized spacial score (nSPS) is 10.3. The van der Waals surface area contributed by atoms with Crippen LogP contribution in [-0.4, -0.2) is 5.91 Å². The zero-order chi connectivity index (χ0) is 13.8. The van der Waals surface area contributed by atoms with Crippen LogP contribution in [0.5, 0.6) is 5.75 Å². The second kappa shape index (κ2) is 5.90. The molecule has 2 aromatic rings. The summed E-state index contributed by atoms with van der Waals surface area (Å²) in [5.41, 5.74) is 3.50. The Kier molecular flexibility index (Phi) is 4.24. The van der Waals surface area contributed by atoms with Crippen LogP contribution in [0, 0.1) is 6.92 Å². The van der Waals surface area contributed by atoms with Crippen LogP contribution in [0.15, 0.2) is 39.4 Å². The highest BCUT2D eigenvalue weighted by Gasteiger charge is 2.14. The summed E-state index contributed by atoms with van der Waals surface area (Å²) in [6.07, 6.45) is 1.43. The minimum atomic E-state index is -0.403. The highest BCUT2D eigenvalue weighted by molar-refractivity contribution is 9.10. The molecule has 0 fully saturated rings. The molecule has 0 saturated carbocycles. The highest BCUT2D eigenvalue weighted by atomic mass is 79.9. The molecule has 1 heterocycles. The number of carbonyl (C=O) groups is 1. The van der Waals surface area contributed by atoms with Crippen LogP contribution >= 0.6 is 15.9 Å². The lowest BCUT2D eigenvalue weighted by molar-refractivity contribution is 0.0949. The van der Waals surface area contributed by atoms with Crippen LogP contribution in [0.3, 0.4) is 0 Å². The monoisotopic (exact) mass is 324 g/mol. The molecule has 1 amide bonds. The first-order chi connectivity index (χ1) is 9.11. The topological polar surface area (TPSA) is 77.5 Å². The number of nitrogens with one attached hydrogen (secondary N) is 1. The van der Waals surface area contributed by atoms with Crippen molar-refractivity contribution in [1.82, 2.24) is 5.43 Å². The van der Waals surface area contributed by atoms with E-state index < -0.39 is 5.91 Å². The van der Waals surface area contributed by atoms with Crippen LogP contribution in [0.2, 0.25) is 0 Å². The first kappa shape index (κ1) is 13.6. The van der Waals surface area contributed by atoms with Crippen LogP contribution in [0.4, 0.5) is 0 Å². The van der Waals surface area contributed by atoms with Crippen LogP contribution in [0.1, 0.15) is 21.7 Å². The van der Waals surface area contributed by atoms with Crippen molar-refractivity contribution in [2.45, 2.75) is 13.5 Å². The first-order valence-electron chi connectivity index (χ1n) is 5.58. The van der Waals surface area contributed by atoms with Crippen molar-refractivity contribution >= 4 is 21.8 Å². The number of rotatable bonds is 4. The molecule has 0 aliphatic carbocycles. The van der Waals surface area contributed by atoms with E-state index in [-0.39, 0.29) is 6.61 Å². The summed E-state index contributed by atoms with van der Waals surface area (Å²) >= 11 is 3.42. The van der Waals surface area contributed by atoms with Gasteiger partial charge in [0, 0.05) is 4.47 Å². The summed E-state index contributed by atoms with van der Waals surface area (Å²) in [7, 11) is 0. The van der Waals surface area contributed by atoms with Gasteiger partial charge in [-0.1, -0.05) is 15.9 Å². The van der Waals surface area contributed by atoms with Gasteiger partial charge in [-0.25, -0.2) is 5.84 Å². The molecule has 0 spiro atoms. The molecule has 0 saturated heterocycles. The molecular weight excluding hydrogens is 312 g/mol. The van der Waals surface area contributed by atoms with Gasteiger partial charge in [-0.05, 0) is 36.8 Å². The molecule has 1 aromatic heterocycles. The Morgan fingerprint density at radius 1 is 1.47 bits per heavy atom. The van der Waals surface area contributed by atoms with Gasteiger partial charge >= 0.3 is 0 Å². The van der Waals surface area contributed by atoms with E-state index in [4.69, 9.17) is 15.0 Å². The SMILES string of the molecule is Cc1cc(OCc2occc2C(=O)NN)ccc1Br. The Morgan fingerprint density at radius 2 is 2.26 bits per heavy atom. The summed E-state index contributed by atoms with van der Waals surface area (Å²) < 4.78 is 11.8. The van der Waals surface area contributed by atoms with Crippen LogP contribution in [0.25, 0.3) is 0 Å². The fraction of sp³-hybridized carbons (Fsp3) is 0.154. The molecule has 2 rings (SSSR count). The lowest BCUT2D eigenvalue weighted by Gasteiger charge is -2.07. The lowest BCUT2D eigenvalue weighted by atomic mass is 10.2. The highest BCUT2D eigenvalue weighted by Crippen LogP contribution is 2.23. The molecule has 6 heteroatoms. The number of ether oxygens (including phenoxy) is 1. The number of nitrogens with two attached hydrogens (primary N) is 1. The number of hydrogen-bond donors (Lipinski definition) is 2. The number of amides is 1. The Bertz CT molecular complexity index is 595. The van der Waals surface area contributed by atoms with E-state index in [1.807, 2.05) is 25.1 Å². The lowest BCUT2D eigenvalue weighted by Crippen LogP contribution is -2.30. The molecule has 100 valence electrons. The van der Waals surface area contributed by atoms with Crippen molar-refractivity contribution in [3.8, 4) is 5.75 Å². The van der Waals surface area contributed by atoms with E-state index in [0.717, 1.165) is 10.0 Å². The van der Waals surface area contributed by atoms with Crippen molar-refractivity contribution < 1.29 is 13.9 Å². The van der Waals surface area contributed by atoms with Gasteiger partial charge < -0.3 is 9.15 Å². The van der Waals surface area contributed by atoms with Crippen LogP contribution in [-0.2, 0) is 6.61 Å².